The van der Waals surface area contributed by atoms with Gasteiger partial charge in [-0.2, -0.15) is 0 Å². The lowest BCUT2D eigenvalue weighted by atomic mass is 10.1. The topological polar surface area (TPSA) is 42.4 Å². The predicted molar refractivity (Wildman–Crippen MR) is 110 cm³/mol. The van der Waals surface area contributed by atoms with Gasteiger partial charge in [0.1, 0.15) is 5.82 Å². The van der Waals surface area contributed by atoms with Gasteiger partial charge in [0, 0.05) is 24.2 Å². The standard InChI is InChI=1S/C22H19FN2O2S/c23-18-8-6-16(7-9-18)19(26)10-11-20-21(17-4-2-1-3-5-17)24-22(28-20)25-12-14-27-15-13-25/h1-11H,12-15H2/b11-10+. The molecule has 4 nitrogen and oxygen atoms in total. The maximum absolute atomic E-state index is 13.1. The van der Waals surface area contributed by atoms with Crippen molar-refractivity contribution in [1.29, 1.82) is 0 Å². The summed E-state index contributed by atoms with van der Waals surface area (Å²) < 4.78 is 18.5. The fraction of sp³-hybridized carbons (Fsp3) is 0.182. The fourth-order valence-electron chi connectivity index (χ4n) is 2.99. The SMILES string of the molecule is O=C(/C=C/c1sc(N2CCOCC2)nc1-c1ccccc1)c1ccc(F)cc1. The van der Waals surface area contributed by atoms with Crippen LogP contribution in [0.3, 0.4) is 0 Å². The van der Waals surface area contributed by atoms with Gasteiger partial charge < -0.3 is 9.64 Å². The Morgan fingerprint density at radius 3 is 2.50 bits per heavy atom. The number of ether oxygens (including phenoxy) is 1. The minimum absolute atomic E-state index is 0.166. The average molecular weight is 394 g/mol. The van der Waals surface area contributed by atoms with Crippen LogP contribution in [0.25, 0.3) is 17.3 Å². The molecule has 0 aliphatic carbocycles. The molecule has 0 radical (unpaired) electrons. The van der Waals surface area contributed by atoms with Crippen molar-refractivity contribution >= 4 is 28.3 Å². The lowest BCUT2D eigenvalue weighted by molar-refractivity contribution is 0.104. The predicted octanol–water partition coefficient (Wildman–Crippen LogP) is 4.68. The van der Waals surface area contributed by atoms with Crippen molar-refractivity contribution in [3.63, 3.8) is 0 Å². The molecule has 2 heterocycles. The maximum atomic E-state index is 13.1. The zero-order chi connectivity index (χ0) is 19.3. The Hall–Kier alpha value is -2.83. The molecule has 0 N–H and O–H groups in total. The number of thiazole rings is 1. The number of hydrogen-bond donors (Lipinski definition) is 0. The summed E-state index contributed by atoms with van der Waals surface area (Å²) in [7, 11) is 0. The van der Waals surface area contributed by atoms with Crippen LogP contribution < -0.4 is 4.90 Å². The Labute approximate surface area is 166 Å². The van der Waals surface area contributed by atoms with E-state index in [1.54, 1.807) is 17.4 Å². The van der Waals surface area contributed by atoms with Gasteiger partial charge in [0.25, 0.3) is 0 Å². The second-order valence-electron chi connectivity index (χ2n) is 6.38. The van der Waals surface area contributed by atoms with Gasteiger partial charge in [0.2, 0.25) is 0 Å². The van der Waals surface area contributed by atoms with E-state index in [9.17, 15) is 9.18 Å². The van der Waals surface area contributed by atoms with Crippen LogP contribution in [0, 0.1) is 5.82 Å². The van der Waals surface area contributed by atoms with Crippen LogP contribution in [-0.2, 0) is 4.74 Å². The molecule has 0 unspecified atom stereocenters. The minimum Gasteiger partial charge on any atom is -0.378 e. The van der Waals surface area contributed by atoms with E-state index in [4.69, 9.17) is 9.72 Å². The van der Waals surface area contributed by atoms with Gasteiger partial charge in [-0.3, -0.25) is 4.79 Å². The molecule has 28 heavy (non-hydrogen) atoms. The lowest BCUT2D eigenvalue weighted by Gasteiger charge is -2.26. The Morgan fingerprint density at radius 2 is 1.79 bits per heavy atom. The smallest absolute Gasteiger partial charge is 0.186 e. The van der Waals surface area contributed by atoms with Crippen molar-refractivity contribution in [3.05, 3.63) is 76.9 Å². The molecule has 6 heteroatoms. The molecule has 0 atom stereocenters. The molecular formula is C22H19FN2O2S. The van der Waals surface area contributed by atoms with E-state index in [1.165, 1.54) is 30.3 Å². The maximum Gasteiger partial charge on any atom is 0.186 e. The van der Waals surface area contributed by atoms with Crippen molar-refractivity contribution in [2.24, 2.45) is 0 Å². The number of carbonyl (C=O) groups is 1. The molecule has 2 aromatic carbocycles. The van der Waals surface area contributed by atoms with E-state index < -0.39 is 0 Å². The normalized spacial score (nSPS) is 14.5. The third-order valence-corrected chi connectivity index (χ3v) is 5.57. The molecule has 1 aliphatic rings. The highest BCUT2D eigenvalue weighted by atomic mass is 32.1. The monoisotopic (exact) mass is 394 g/mol. The fourth-order valence-corrected chi connectivity index (χ4v) is 4.03. The van der Waals surface area contributed by atoms with Crippen molar-refractivity contribution in [2.75, 3.05) is 31.2 Å². The first-order valence-electron chi connectivity index (χ1n) is 9.07. The number of anilines is 1. The Balaban J connectivity index is 1.65. The summed E-state index contributed by atoms with van der Waals surface area (Å²) in [5.41, 5.74) is 2.32. The van der Waals surface area contributed by atoms with Crippen LogP contribution in [0.2, 0.25) is 0 Å². The zero-order valence-electron chi connectivity index (χ0n) is 15.2. The number of hydrogen-bond acceptors (Lipinski definition) is 5. The van der Waals surface area contributed by atoms with Gasteiger partial charge in [0.05, 0.1) is 23.8 Å². The molecule has 1 aliphatic heterocycles. The summed E-state index contributed by atoms with van der Waals surface area (Å²) in [5.74, 6) is -0.523. The third kappa shape index (κ3) is 4.18. The molecule has 1 saturated heterocycles. The highest BCUT2D eigenvalue weighted by Gasteiger charge is 2.18. The van der Waals surface area contributed by atoms with E-state index in [-0.39, 0.29) is 11.6 Å². The minimum atomic E-state index is -0.357. The molecule has 1 fully saturated rings. The summed E-state index contributed by atoms with van der Waals surface area (Å²) in [5, 5.41) is 0.927. The Morgan fingerprint density at radius 1 is 1.07 bits per heavy atom. The lowest BCUT2D eigenvalue weighted by Crippen LogP contribution is -2.36. The Bertz CT molecular complexity index is 978. The molecule has 3 aromatic rings. The van der Waals surface area contributed by atoms with Crippen LogP contribution in [-0.4, -0.2) is 37.1 Å². The molecule has 0 bridgehead atoms. The number of allylic oxidation sites excluding steroid dienone is 1. The summed E-state index contributed by atoms with van der Waals surface area (Å²) >= 11 is 1.56. The van der Waals surface area contributed by atoms with Crippen LogP contribution in [0.4, 0.5) is 9.52 Å². The number of benzene rings is 2. The van der Waals surface area contributed by atoms with Crippen LogP contribution in [0.5, 0.6) is 0 Å². The van der Waals surface area contributed by atoms with Crippen molar-refractivity contribution in [3.8, 4) is 11.3 Å². The highest BCUT2D eigenvalue weighted by Crippen LogP contribution is 2.34. The summed E-state index contributed by atoms with van der Waals surface area (Å²) in [6.07, 6.45) is 3.33. The Kier molecular flexibility index (Phi) is 5.60. The average Bonchev–Trinajstić information content (AvgIpc) is 3.18. The zero-order valence-corrected chi connectivity index (χ0v) is 16.0. The molecule has 142 valence electrons. The first-order chi connectivity index (χ1) is 13.7. The largest absolute Gasteiger partial charge is 0.378 e. The summed E-state index contributed by atoms with van der Waals surface area (Å²) in [4.78, 5) is 20.4. The van der Waals surface area contributed by atoms with Gasteiger partial charge in [-0.15, -0.1) is 0 Å². The van der Waals surface area contributed by atoms with E-state index in [1.807, 2.05) is 30.3 Å². The van der Waals surface area contributed by atoms with E-state index in [2.05, 4.69) is 4.90 Å². The summed E-state index contributed by atoms with van der Waals surface area (Å²) in [6.45, 7) is 2.99. The second kappa shape index (κ2) is 8.46. The number of morpholine rings is 1. The van der Waals surface area contributed by atoms with Gasteiger partial charge in [0.15, 0.2) is 10.9 Å². The van der Waals surface area contributed by atoms with Crippen molar-refractivity contribution < 1.29 is 13.9 Å². The van der Waals surface area contributed by atoms with Crippen LogP contribution >= 0.6 is 11.3 Å². The first-order valence-corrected chi connectivity index (χ1v) is 9.89. The second-order valence-corrected chi connectivity index (χ2v) is 7.39. The van der Waals surface area contributed by atoms with E-state index in [0.29, 0.717) is 18.8 Å². The number of halogens is 1. The van der Waals surface area contributed by atoms with Crippen molar-refractivity contribution in [1.82, 2.24) is 4.98 Å². The molecule has 0 saturated carbocycles. The summed E-state index contributed by atoms with van der Waals surface area (Å²) in [6, 6.07) is 15.5. The van der Waals surface area contributed by atoms with Gasteiger partial charge in [-0.05, 0) is 36.4 Å². The number of carbonyl (C=O) groups excluding carboxylic acids is 1. The van der Waals surface area contributed by atoms with Gasteiger partial charge in [-0.1, -0.05) is 41.7 Å². The van der Waals surface area contributed by atoms with E-state index >= 15 is 0 Å². The molecule has 4 rings (SSSR count). The number of aromatic nitrogens is 1. The van der Waals surface area contributed by atoms with Gasteiger partial charge >= 0.3 is 0 Å². The van der Waals surface area contributed by atoms with Crippen LogP contribution in [0.15, 0.2) is 60.7 Å². The third-order valence-electron chi connectivity index (χ3n) is 4.49. The molecule has 1 aromatic heterocycles. The van der Waals surface area contributed by atoms with Crippen LogP contribution in [0.1, 0.15) is 15.2 Å². The van der Waals surface area contributed by atoms with Gasteiger partial charge in [-0.25, -0.2) is 9.37 Å². The first kappa shape index (κ1) is 18.5. The van der Waals surface area contributed by atoms with Crippen molar-refractivity contribution in [2.45, 2.75) is 0 Å². The number of ketones is 1. The molecule has 0 spiro atoms. The van der Waals surface area contributed by atoms with E-state index in [0.717, 1.165) is 34.4 Å². The highest BCUT2D eigenvalue weighted by molar-refractivity contribution is 7.17. The number of nitrogens with zero attached hydrogens (tertiary/aromatic N) is 2. The molecular weight excluding hydrogens is 375 g/mol. The quantitative estimate of drug-likeness (QED) is 0.465. The molecule has 0 amide bonds. The number of rotatable bonds is 5.